The van der Waals surface area contributed by atoms with Crippen LogP contribution in [-0.4, -0.2) is 35.0 Å². The van der Waals surface area contributed by atoms with Gasteiger partial charge in [0.25, 0.3) is 5.91 Å². The normalized spacial score (nSPS) is 15.6. The molecule has 2 aromatic rings. The van der Waals surface area contributed by atoms with Gasteiger partial charge >= 0.3 is 5.97 Å². The number of benzene rings is 1. The van der Waals surface area contributed by atoms with Gasteiger partial charge < -0.3 is 14.4 Å². The number of hydrogen-bond acceptors (Lipinski definition) is 3. The number of aliphatic carboxylic acids is 1. The fourth-order valence-corrected chi connectivity index (χ4v) is 2.74. The monoisotopic (exact) mass is 317 g/mol. The summed E-state index contributed by atoms with van der Waals surface area (Å²) in [4.78, 5) is 24.9. The highest BCUT2D eigenvalue weighted by Gasteiger charge is 2.28. The minimum absolute atomic E-state index is 0.136. The SMILES string of the molecule is O=C(O)C1CCN(C(=O)c2ccc(-c3ccccc3F)o2)CC1. The molecule has 1 N–H and O–H groups in total. The van der Waals surface area contributed by atoms with E-state index in [0.717, 1.165) is 0 Å². The van der Waals surface area contributed by atoms with Crippen LogP contribution in [0.4, 0.5) is 4.39 Å². The fraction of sp³-hybridized carbons (Fsp3) is 0.294. The molecule has 6 heteroatoms. The number of carboxylic acid groups (broad SMARTS) is 1. The Bertz CT molecular complexity index is 732. The van der Waals surface area contributed by atoms with Crippen molar-refractivity contribution in [3.63, 3.8) is 0 Å². The Kier molecular flexibility index (Phi) is 4.14. The van der Waals surface area contributed by atoms with Gasteiger partial charge in [0.15, 0.2) is 5.76 Å². The Balaban J connectivity index is 1.72. The van der Waals surface area contributed by atoms with E-state index in [9.17, 15) is 14.0 Å². The highest BCUT2D eigenvalue weighted by Crippen LogP contribution is 2.26. The molecule has 1 amide bonds. The van der Waals surface area contributed by atoms with E-state index in [0.29, 0.717) is 37.3 Å². The van der Waals surface area contributed by atoms with Crippen molar-refractivity contribution in [2.75, 3.05) is 13.1 Å². The Hall–Kier alpha value is -2.63. The van der Waals surface area contributed by atoms with Gasteiger partial charge in [0.2, 0.25) is 0 Å². The predicted octanol–water partition coefficient (Wildman–Crippen LogP) is 3.02. The van der Waals surface area contributed by atoms with E-state index in [1.54, 1.807) is 29.2 Å². The van der Waals surface area contributed by atoms with Gasteiger partial charge in [-0.1, -0.05) is 12.1 Å². The first-order valence-corrected chi connectivity index (χ1v) is 7.43. The number of furan rings is 1. The minimum Gasteiger partial charge on any atom is -0.481 e. The molecular formula is C17H16FNO4. The van der Waals surface area contributed by atoms with Crippen LogP contribution in [0.1, 0.15) is 23.4 Å². The lowest BCUT2D eigenvalue weighted by Gasteiger charge is -2.29. The van der Waals surface area contributed by atoms with E-state index in [-0.39, 0.29) is 11.7 Å². The standard InChI is InChI=1S/C17H16FNO4/c18-13-4-2-1-3-12(13)14-5-6-15(23-14)16(20)19-9-7-11(8-10-19)17(21)22/h1-6,11H,7-10H2,(H,21,22). The Morgan fingerprint density at radius 3 is 2.48 bits per heavy atom. The topological polar surface area (TPSA) is 70.8 Å². The fourth-order valence-electron chi connectivity index (χ4n) is 2.74. The Morgan fingerprint density at radius 2 is 1.83 bits per heavy atom. The van der Waals surface area contributed by atoms with Crippen LogP contribution >= 0.6 is 0 Å². The number of halogens is 1. The highest BCUT2D eigenvalue weighted by molar-refractivity contribution is 5.92. The second-order valence-electron chi connectivity index (χ2n) is 5.55. The lowest BCUT2D eigenvalue weighted by Crippen LogP contribution is -2.40. The second-order valence-corrected chi connectivity index (χ2v) is 5.55. The smallest absolute Gasteiger partial charge is 0.306 e. The molecule has 0 aliphatic carbocycles. The van der Waals surface area contributed by atoms with Crippen molar-refractivity contribution in [3.05, 3.63) is 48.0 Å². The van der Waals surface area contributed by atoms with Crippen molar-refractivity contribution in [2.24, 2.45) is 5.92 Å². The predicted molar refractivity (Wildman–Crippen MR) is 80.4 cm³/mol. The van der Waals surface area contributed by atoms with E-state index in [1.165, 1.54) is 12.1 Å². The molecule has 3 rings (SSSR count). The third-order valence-electron chi connectivity index (χ3n) is 4.09. The summed E-state index contributed by atoms with van der Waals surface area (Å²) in [6.07, 6.45) is 0.865. The summed E-state index contributed by atoms with van der Waals surface area (Å²) in [5, 5.41) is 8.98. The van der Waals surface area contributed by atoms with Crippen LogP contribution in [0, 0.1) is 11.7 Å². The van der Waals surface area contributed by atoms with Crippen molar-refractivity contribution in [1.82, 2.24) is 4.90 Å². The number of hydrogen-bond donors (Lipinski definition) is 1. The Labute approximate surface area is 132 Å². The van der Waals surface area contributed by atoms with Gasteiger partial charge in [-0.2, -0.15) is 0 Å². The highest BCUT2D eigenvalue weighted by atomic mass is 19.1. The molecule has 120 valence electrons. The number of piperidine rings is 1. The minimum atomic E-state index is -0.822. The van der Waals surface area contributed by atoms with Crippen molar-refractivity contribution >= 4 is 11.9 Å². The average Bonchev–Trinajstić information content (AvgIpc) is 3.04. The molecule has 0 radical (unpaired) electrons. The molecule has 0 unspecified atom stereocenters. The average molecular weight is 317 g/mol. The Morgan fingerprint density at radius 1 is 1.13 bits per heavy atom. The summed E-state index contributed by atoms with van der Waals surface area (Å²) >= 11 is 0. The number of carbonyl (C=O) groups is 2. The molecule has 1 fully saturated rings. The molecule has 2 heterocycles. The first kappa shape index (κ1) is 15.3. The molecule has 1 aliphatic rings. The van der Waals surface area contributed by atoms with Crippen LogP contribution in [0.5, 0.6) is 0 Å². The number of likely N-dealkylation sites (tertiary alicyclic amines) is 1. The summed E-state index contributed by atoms with van der Waals surface area (Å²) < 4.78 is 19.2. The first-order chi connectivity index (χ1) is 11.1. The maximum atomic E-state index is 13.7. The summed E-state index contributed by atoms with van der Waals surface area (Å²) in [5.74, 6) is -1.50. The van der Waals surface area contributed by atoms with E-state index < -0.39 is 17.7 Å². The van der Waals surface area contributed by atoms with Crippen LogP contribution in [0.25, 0.3) is 11.3 Å². The van der Waals surface area contributed by atoms with Crippen LogP contribution in [-0.2, 0) is 4.79 Å². The van der Waals surface area contributed by atoms with Crippen molar-refractivity contribution in [2.45, 2.75) is 12.8 Å². The van der Waals surface area contributed by atoms with E-state index >= 15 is 0 Å². The summed E-state index contributed by atoms with van der Waals surface area (Å²) in [6.45, 7) is 0.761. The van der Waals surface area contributed by atoms with Crippen molar-refractivity contribution in [1.29, 1.82) is 0 Å². The van der Waals surface area contributed by atoms with Crippen LogP contribution < -0.4 is 0 Å². The molecule has 1 aromatic heterocycles. The van der Waals surface area contributed by atoms with Crippen LogP contribution in [0.3, 0.4) is 0 Å². The molecule has 5 nitrogen and oxygen atoms in total. The molecule has 0 atom stereocenters. The molecule has 1 aromatic carbocycles. The first-order valence-electron chi connectivity index (χ1n) is 7.43. The van der Waals surface area contributed by atoms with E-state index in [4.69, 9.17) is 9.52 Å². The number of carbonyl (C=O) groups excluding carboxylic acids is 1. The largest absolute Gasteiger partial charge is 0.481 e. The van der Waals surface area contributed by atoms with Gasteiger partial charge in [0.05, 0.1) is 11.5 Å². The number of amides is 1. The van der Waals surface area contributed by atoms with Crippen LogP contribution in [0.2, 0.25) is 0 Å². The van der Waals surface area contributed by atoms with Gasteiger partial charge in [-0.25, -0.2) is 4.39 Å². The van der Waals surface area contributed by atoms with Gasteiger partial charge in [0, 0.05) is 13.1 Å². The molecule has 0 spiro atoms. The van der Waals surface area contributed by atoms with Gasteiger partial charge in [-0.15, -0.1) is 0 Å². The number of nitrogens with zero attached hydrogens (tertiary/aromatic N) is 1. The number of rotatable bonds is 3. The summed E-state index contributed by atoms with van der Waals surface area (Å²) in [5.41, 5.74) is 0.302. The zero-order chi connectivity index (χ0) is 16.4. The third-order valence-corrected chi connectivity index (χ3v) is 4.09. The molecule has 0 saturated carbocycles. The summed E-state index contributed by atoms with van der Waals surface area (Å²) in [7, 11) is 0. The zero-order valence-corrected chi connectivity index (χ0v) is 12.4. The van der Waals surface area contributed by atoms with Gasteiger partial charge in [-0.05, 0) is 37.1 Å². The molecular weight excluding hydrogens is 301 g/mol. The maximum Gasteiger partial charge on any atom is 0.306 e. The number of carboxylic acids is 1. The van der Waals surface area contributed by atoms with Gasteiger partial charge in [0.1, 0.15) is 11.6 Å². The zero-order valence-electron chi connectivity index (χ0n) is 12.4. The molecule has 0 bridgehead atoms. The van der Waals surface area contributed by atoms with Gasteiger partial charge in [-0.3, -0.25) is 9.59 Å². The van der Waals surface area contributed by atoms with Crippen LogP contribution in [0.15, 0.2) is 40.8 Å². The maximum absolute atomic E-state index is 13.7. The third kappa shape index (κ3) is 3.11. The lowest BCUT2D eigenvalue weighted by molar-refractivity contribution is -0.143. The molecule has 1 aliphatic heterocycles. The van der Waals surface area contributed by atoms with Crippen molar-refractivity contribution in [3.8, 4) is 11.3 Å². The quantitative estimate of drug-likeness (QED) is 0.944. The van der Waals surface area contributed by atoms with Crippen molar-refractivity contribution < 1.29 is 23.5 Å². The molecule has 1 saturated heterocycles. The summed E-state index contributed by atoms with van der Waals surface area (Å²) in [6, 6.07) is 9.28. The van der Waals surface area contributed by atoms with E-state index in [1.807, 2.05) is 0 Å². The second kappa shape index (κ2) is 6.24. The van der Waals surface area contributed by atoms with E-state index in [2.05, 4.69) is 0 Å². The molecule has 23 heavy (non-hydrogen) atoms. The lowest BCUT2D eigenvalue weighted by atomic mass is 9.97.